The highest BCUT2D eigenvalue weighted by atomic mass is 127. The van der Waals surface area contributed by atoms with E-state index in [4.69, 9.17) is 0 Å². The van der Waals surface area contributed by atoms with Gasteiger partial charge in [0.15, 0.2) is 11.4 Å². The second-order valence-corrected chi connectivity index (χ2v) is 3.78. The summed E-state index contributed by atoms with van der Waals surface area (Å²) in [4.78, 5) is 2.97. The Labute approximate surface area is 101 Å². The standard InChI is InChI=1S/C8H5F5INO/c1-16-3-2-15-6(8(11,12)13)4(5(3)14)7(9)10/h2,7H,1H3. The predicted octanol–water partition coefficient (Wildman–Crippen LogP) is 3.65. The lowest BCUT2D eigenvalue weighted by Gasteiger charge is -2.14. The third kappa shape index (κ3) is 2.53. The molecule has 0 fully saturated rings. The third-order valence-corrected chi connectivity index (χ3v) is 2.84. The van der Waals surface area contributed by atoms with E-state index in [0.29, 0.717) is 0 Å². The fraction of sp³-hybridized carbons (Fsp3) is 0.375. The van der Waals surface area contributed by atoms with E-state index >= 15 is 0 Å². The van der Waals surface area contributed by atoms with Gasteiger partial charge in [-0.3, -0.25) is 0 Å². The molecule has 2 nitrogen and oxygen atoms in total. The average molecular weight is 353 g/mol. The molecule has 0 radical (unpaired) electrons. The molecule has 0 spiro atoms. The Bertz CT molecular complexity index is 393. The minimum atomic E-state index is -4.90. The van der Waals surface area contributed by atoms with E-state index < -0.39 is 23.9 Å². The van der Waals surface area contributed by atoms with Crippen LogP contribution in [0.4, 0.5) is 22.0 Å². The summed E-state index contributed by atoms with van der Waals surface area (Å²) in [6, 6.07) is 0. The molecule has 1 aromatic rings. The summed E-state index contributed by atoms with van der Waals surface area (Å²) < 4.78 is 66.6. The third-order valence-electron chi connectivity index (χ3n) is 1.73. The smallest absolute Gasteiger partial charge is 0.433 e. The molecule has 0 amide bonds. The molecule has 0 aliphatic rings. The number of hydrogen-bond donors (Lipinski definition) is 0. The molecule has 16 heavy (non-hydrogen) atoms. The second-order valence-electron chi connectivity index (χ2n) is 2.70. The number of methoxy groups -OCH3 is 1. The molecule has 0 aliphatic carbocycles. The number of nitrogens with zero attached hydrogens (tertiary/aromatic N) is 1. The zero-order valence-electron chi connectivity index (χ0n) is 7.78. The molecule has 0 atom stereocenters. The Morgan fingerprint density at radius 2 is 1.94 bits per heavy atom. The lowest BCUT2D eigenvalue weighted by atomic mass is 10.2. The molecule has 90 valence electrons. The minimum absolute atomic E-state index is 0.108. The Balaban J connectivity index is 3.47. The van der Waals surface area contributed by atoms with Crippen molar-refractivity contribution < 1.29 is 26.7 Å². The SMILES string of the molecule is COc1cnc(C(F)(F)F)c(C(F)F)c1I. The van der Waals surface area contributed by atoms with E-state index in [9.17, 15) is 22.0 Å². The maximum absolute atomic E-state index is 12.5. The largest absolute Gasteiger partial charge is 0.494 e. The van der Waals surface area contributed by atoms with Gasteiger partial charge in [0.25, 0.3) is 6.43 Å². The van der Waals surface area contributed by atoms with Gasteiger partial charge in [-0.2, -0.15) is 13.2 Å². The molecule has 8 heteroatoms. The minimum Gasteiger partial charge on any atom is -0.494 e. The zero-order valence-corrected chi connectivity index (χ0v) is 9.94. The number of aromatic nitrogens is 1. The van der Waals surface area contributed by atoms with Crippen LogP contribution in [0.15, 0.2) is 6.20 Å². The highest BCUT2D eigenvalue weighted by Gasteiger charge is 2.39. The van der Waals surface area contributed by atoms with E-state index in [1.165, 1.54) is 29.7 Å². The molecule has 0 bridgehead atoms. The van der Waals surface area contributed by atoms with Gasteiger partial charge < -0.3 is 4.74 Å². The van der Waals surface area contributed by atoms with Crippen LogP contribution in [0, 0.1) is 3.57 Å². The molecule has 0 N–H and O–H groups in total. The van der Waals surface area contributed by atoms with Gasteiger partial charge in [0.05, 0.1) is 22.4 Å². The second kappa shape index (κ2) is 4.68. The first-order chi connectivity index (χ1) is 7.29. The first kappa shape index (κ1) is 13.4. The number of alkyl halides is 5. The Morgan fingerprint density at radius 1 is 1.38 bits per heavy atom. The summed E-state index contributed by atoms with van der Waals surface area (Å²) in [6.45, 7) is 0. The molecular formula is C8H5F5INO. The van der Waals surface area contributed by atoms with Gasteiger partial charge in [-0.25, -0.2) is 13.8 Å². The molecule has 0 aliphatic heterocycles. The monoisotopic (exact) mass is 353 g/mol. The van der Waals surface area contributed by atoms with Crippen LogP contribution in [0.3, 0.4) is 0 Å². The fourth-order valence-corrected chi connectivity index (χ4v) is 1.90. The van der Waals surface area contributed by atoms with Crippen molar-refractivity contribution in [2.75, 3.05) is 7.11 Å². The number of ether oxygens (including phenoxy) is 1. The number of halogens is 6. The molecule has 0 saturated heterocycles. The number of rotatable bonds is 2. The molecule has 0 aromatic carbocycles. The predicted molar refractivity (Wildman–Crippen MR) is 53.5 cm³/mol. The zero-order chi connectivity index (χ0) is 12.5. The van der Waals surface area contributed by atoms with E-state index in [2.05, 4.69) is 9.72 Å². The van der Waals surface area contributed by atoms with Crippen molar-refractivity contribution in [3.05, 3.63) is 21.0 Å². The average Bonchev–Trinajstić information content (AvgIpc) is 2.15. The first-order valence-electron chi connectivity index (χ1n) is 3.86. The van der Waals surface area contributed by atoms with Crippen molar-refractivity contribution in [1.82, 2.24) is 4.98 Å². The van der Waals surface area contributed by atoms with Gasteiger partial charge in [-0.15, -0.1) is 0 Å². The van der Waals surface area contributed by atoms with Gasteiger partial charge in [0.1, 0.15) is 0 Å². The summed E-state index contributed by atoms with van der Waals surface area (Å²) >= 11 is 1.38. The van der Waals surface area contributed by atoms with Crippen LogP contribution < -0.4 is 4.74 Å². The lowest BCUT2D eigenvalue weighted by molar-refractivity contribution is -0.143. The van der Waals surface area contributed by atoms with E-state index in [1.807, 2.05) is 0 Å². The maximum Gasteiger partial charge on any atom is 0.433 e. The molecule has 0 saturated carbocycles. The van der Waals surface area contributed by atoms with E-state index in [0.717, 1.165) is 6.20 Å². The van der Waals surface area contributed by atoms with Crippen LogP contribution in [0.1, 0.15) is 17.7 Å². The lowest BCUT2D eigenvalue weighted by Crippen LogP contribution is -2.14. The fourth-order valence-electron chi connectivity index (χ4n) is 1.05. The number of hydrogen-bond acceptors (Lipinski definition) is 2. The summed E-state index contributed by atoms with van der Waals surface area (Å²) in [5.41, 5.74) is -2.72. The molecular weight excluding hydrogens is 348 g/mol. The first-order valence-corrected chi connectivity index (χ1v) is 4.94. The molecule has 1 aromatic heterocycles. The van der Waals surface area contributed by atoms with Gasteiger partial charge in [-0.1, -0.05) is 0 Å². The topological polar surface area (TPSA) is 22.1 Å². The van der Waals surface area contributed by atoms with Crippen LogP contribution >= 0.6 is 22.6 Å². The maximum atomic E-state index is 12.5. The molecule has 0 unspecified atom stereocenters. The van der Waals surface area contributed by atoms with Crippen LogP contribution in [-0.2, 0) is 6.18 Å². The van der Waals surface area contributed by atoms with Crippen molar-refractivity contribution in [2.24, 2.45) is 0 Å². The van der Waals surface area contributed by atoms with Crippen molar-refractivity contribution >= 4 is 22.6 Å². The van der Waals surface area contributed by atoms with E-state index in [1.54, 1.807) is 0 Å². The van der Waals surface area contributed by atoms with Crippen molar-refractivity contribution in [3.63, 3.8) is 0 Å². The summed E-state index contributed by atoms with van der Waals surface area (Å²) in [5, 5.41) is 0. The quantitative estimate of drug-likeness (QED) is 0.598. The van der Waals surface area contributed by atoms with Crippen molar-refractivity contribution in [3.8, 4) is 5.75 Å². The van der Waals surface area contributed by atoms with Gasteiger partial charge >= 0.3 is 6.18 Å². The van der Waals surface area contributed by atoms with Crippen LogP contribution in [-0.4, -0.2) is 12.1 Å². The van der Waals surface area contributed by atoms with Crippen LogP contribution in [0.5, 0.6) is 5.75 Å². The summed E-state index contributed by atoms with van der Waals surface area (Å²) in [5.74, 6) is -0.108. The highest BCUT2D eigenvalue weighted by molar-refractivity contribution is 14.1. The van der Waals surface area contributed by atoms with Crippen molar-refractivity contribution in [1.29, 1.82) is 0 Å². The highest BCUT2D eigenvalue weighted by Crippen LogP contribution is 2.39. The van der Waals surface area contributed by atoms with Gasteiger partial charge in [0, 0.05) is 0 Å². The molecule has 1 heterocycles. The summed E-state index contributed by atoms with van der Waals surface area (Å²) in [6.07, 6.45) is -7.39. The number of pyridine rings is 1. The Morgan fingerprint density at radius 3 is 2.31 bits per heavy atom. The van der Waals surface area contributed by atoms with Crippen LogP contribution in [0.2, 0.25) is 0 Å². The van der Waals surface area contributed by atoms with Crippen molar-refractivity contribution in [2.45, 2.75) is 12.6 Å². The normalized spacial score (nSPS) is 12.0. The van der Waals surface area contributed by atoms with Gasteiger partial charge in [0.2, 0.25) is 0 Å². The van der Waals surface area contributed by atoms with Gasteiger partial charge in [-0.05, 0) is 22.6 Å². The Hall–Kier alpha value is -0.670. The molecule has 1 rings (SSSR count). The summed E-state index contributed by atoms with van der Waals surface area (Å²) in [7, 11) is 1.17. The van der Waals surface area contributed by atoms with Crippen LogP contribution in [0.25, 0.3) is 0 Å². The van der Waals surface area contributed by atoms with E-state index in [-0.39, 0.29) is 9.32 Å². The Kier molecular flexibility index (Phi) is 3.92.